The smallest absolute Gasteiger partial charge is 0.311 e. The van der Waals surface area contributed by atoms with Crippen LogP contribution < -0.4 is 0 Å². The van der Waals surface area contributed by atoms with Gasteiger partial charge in [0.25, 0.3) is 0 Å². The van der Waals surface area contributed by atoms with Crippen molar-refractivity contribution in [2.24, 2.45) is 10.8 Å². The van der Waals surface area contributed by atoms with Gasteiger partial charge in [-0.2, -0.15) is 0 Å². The number of hydrogen-bond donors (Lipinski definition) is 0. The molecule has 4 aliphatic rings. The highest BCUT2D eigenvalue weighted by Gasteiger charge is 2.52. The molecule has 0 N–H and O–H groups in total. The molecule has 158 valence electrons. The first-order valence-corrected chi connectivity index (χ1v) is 11.4. The molecule has 0 unspecified atom stereocenters. The Morgan fingerprint density at radius 3 is 2.33 bits per heavy atom. The molecule has 0 spiro atoms. The van der Waals surface area contributed by atoms with Crippen LogP contribution in [0.1, 0.15) is 68.6 Å². The highest BCUT2D eigenvalue weighted by atomic mass is 35.5. The van der Waals surface area contributed by atoms with Crippen LogP contribution in [0.5, 0.6) is 0 Å². The van der Waals surface area contributed by atoms with E-state index >= 15 is 0 Å². The second kappa shape index (κ2) is 7.42. The van der Waals surface area contributed by atoms with Crippen molar-refractivity contribution >= 4 is 35.2 Å². The Morgan fingerprint density at radius 1 is 1.13 bits per heavy atom. The minimum atomic E-state index is -0.267. The van der Waals surface area contributed by atoms with Gasteiger partial charge in [0.2, 0.25) is 0 Å². The highest BCUT2D eigenvalue weighted by molar-refractivity contribution is 6.39. The lowest BCUT2D eigenvalue weighted by atomic mass is 9.53. The molecule has 1 aromatic heterocycles. The van der Waals surface area contributed by atoms with Gasteiger partial charge in [-0.25, -0.2) is 0 Å². The molecular weight excluding hydrogens is 421 g/mol. The summed E-state index contributed by atoms with van der Waals surface area (Å²) in [6.07, 6.45) is 12.5. The Bertz CT molecular complexity index is 977. The Kier molecular flexibility index (Phi) is 4.98. The predicted molar refractivity (Wildman–Crippen MR) is 118 cm³/mol. The fourth-order valence-electron chi connectivity index (χ4n) is 5.26. The van der Waals surface area contributed by atoms with E-state index in [-0.39, 0.29) is 16.8 Å². The molecule has 6 rings (SSSR count). The van der Waals surface area contributed by atoms with Gasteiger partial charge in [0.1, 0.15) is 11.5 Å². The predicted octanol–water partition coefficient (Wildman–Crippen LogP) is 7.05. The van der Waals surface area contributed by atoms with Crippen molar-refractivity contribution in [2.45, 2.75) is 57.3 Å². The number of carbonyl (C=O) groups is 1. The van der Waals surface area contributed by atoms with Crippen LogP contribution in [0.2, 0.25) is 10.0 Å². The third-order valence-electron chi connectivity index (χ3n) is 7.43. The number of benzene rings is 1. The average molecular weight is 446 g/mol. The second-order valence-corrected chi connectivity index (χ2v) is 9.96. The molecule has 2 aromatic rings. The number of rotatable bonds is 5. The summed E-state index contributed by atoms with van der Waals surface area (Å²) < 4.78 is 10.9. The Morgan fingerprint density at radius 2 is 1.77 bits per heavy atom. The summed E-state index contributed by atoms with van der Waals surface area (Å²) in [7, 11) is 1.50. The van der Waals surface area contributed by atoms with Crippen LogP contribution in [0.15, 0.2) is 28.8 Å². The Hall–Kier alpha value is -1.78. The van der Waals surface area contributed by atoms with Gasteiger partial charge in [-0.05, 0) is 68.9 Å². The van der Waals surface area contributed by atoms with Gasteiger partial charge < -0.3 is 9.26 Å². The number of nitrogens with zero attached hydrogens (tertiary/aromatic N) is 1. The van der Waals surface area contributed by atoms with E-state index in [0.717, 1.165) is 73.9 Å². The summed E-state index contributed by atoms with van der Waals surface area (Å²) in [6, 6.07) is 5.49. The van der Waals surface area contributed by atoms with Crippen LogP contribution in [-0.4, -0.2) is 18.2 Å². The van der Waals surface area contributed by atoms with Gasteiger partial charge in [-0.1, -0.05) is 46.6 Å². The molecular formula is C24H25Cl2NO3. The lowest BCUT2D eigenvalue weighted by Gasteiger charge is -2.50. The van der Waals surface area contributed by atoms with Crippen LogP contribution in [0.4, 0.5) is 0 Å². The normalized spacial score (nSPS) is 28.2. The molecule has 0 saturated heterocycles. The molecule has 0 amide bonds. The minimum absolute atomic E-state index is 0.0366. The molecule has 4 nitrogen and oxygen atoms in total. The molecule has 2 bridgehead atoms. The Balaban J connectivity index is 1.48. The molecule has 1 aromatic carbocycles. The minimum Gasteiger partial charge on any atom is -0.469 e. The summed E-state index contributed by atoms with van der Waals surface area (Å²) in [5, 5.41) is 5.53. The first-order chi connectivity index (χ1) is 14.5. The van der Waals surface area contributed by atoms with Gasteiger partial charge in [-0.15, -0.1) is 0 Å². The van der Waals surface area contributed by atoms with Crippen LogP contribution in [0.3, 0.4) is 0 Å². The number of carbonyl (C=O) groups excluding carboxylic acids is 1. The second-order valence-electron chi connectivity index (χ2n) is 9.15. The topological polar surface area (TPSA) is 52.3 Å². The number of esters is 1. The van der Waals surface area contributed by atoms with E-state index in [2.05, 4.69) is 17.3 Å². The van der Waals surface area contributed by atoms with E-state index in [0.29, 0.717) is 16.0 Å². The summed E-state index contributed by atoms with van der Waals surface area (Å²) in [5.41, 5.74) is 2.30. The number of hydrogen-bond acceptors (Lipinski definition) is 4. The molecule has 4 fully saturated rings. The van der Waals surface area contributed by atoms with Gasteiger partial charge in [0, 0.05) is 17.0 Å². The van der Waals surface area contributed by atoms with Crippen molar-refractivity contribution in [3.05, 3.63) is 45.6 Å². The van der Waals surface area contributed by atoms with Crippen LogP contribution in [0.25, 0.3) is 17.3 Å². The average Bonchev–Trinajstić information content (AvgIpc) is 3.53. The zero-order valence-corrected chi connectivity index (χ0v) is 18.6. The molecule has 6 heteroatoms. The van der Waals surface area contributed by atoms with Crippen molar-refractivity contribution in [3.63, 3.8) is 0 Å². The van der Waals surface area contributed by atoms with Gasteiger partial charge in [-0.3, -0.25) is 4.79 Å². The van der Waals surface area contributed by atoms with Crippen molar-refractivity contribution in [1.82, 2.24) is 5.16 Å². The zero-order valence-electron chi connectivity index (χ0n) is 17.0. The van der Waals surface area contributed by atoms with Crippen molar-refractivity contribution < 1.29 is 14.1 Å². The van der Waals surface area contributed by atoms with Gasteiger partial charge in [0.15, 0.2) is 0 Å². The SMILES string of the molecule is COC(=O)C12CCC(C=Cc3c(-c4c(Cl)cccc4Cl)noc3C3CC3)(CC1)CC2. The van der Waals surface area contributed by atoms with E-state index in [1.807, 2.05) is 18.2 Å². The third-order valence-corrected chi connectivity index (χ3v) is 8.06. The quantitative estimate of drug-likeness (QED) is 0.462. The van der Waals surface area contributed by atoms with Crippen molar-refractivity contribution in [1.29, 1.82) is 0 Å². The number of aromatic nitrogens is 1. The third kappa shape index (κ3) is 3.29. The van der Waals surface area contributed by atoms with E-state index in [9.17, 15) is 4.79 Å². The molecule has 0 atom stereocenters. The molecule has 30 heavy (non-hydrogen) atoms. The maximum Gasteiger partial charge on any atom is 0.311 e. The van der Waals surface area contributed by atoms with E-state index < -0.39 is 0 Å². The van der Waals surface area contributed by atoms with Gasteiger partial charge in [0.05, 0.1) is 22.6 Å². The standard InChI is InChI=1S/C24H25Cl2NO3/c1-29-22(28)24-12-9-23(10-13-24,11-14-24)8-7-16-20(27-30-21(16)15-5-6-15)19-17(25)3-2-4-18(19)26/h2-4,7-8,15H,5-6,9-14H2,1H3. The van der Waals surface area contributed by atoms with Crippen molar-refractivity contribution in [3.8, 4) is 11.3 Å². The number of allylic oxidation sites excluding steroid dienone is 1. The van der Waals surface area contributed by atoms with Crippen LogP contribution in [-0.2, 0) is 9.53 Å². The molecule has 4 aliphatic carbocycles. The van der Waals surface area contributed by atoms with Crippen LogP contribution >= 0.6 is 23.2 Å². The summed E-state index contributed by atoms with van der Waals surface area (Å²) in [5.74, 6) is 1.32. The lowest BCUT2D eigenvalue weighted by Crippen LogP contribution is -2.45. The molecule has 4 saturated carbocycles. The molecule has 0 radical (unpaired) electrons. The number of fused-ring (bicyclic) bond motifs is 3. The lowest BCUT2D eigenvalue weighted by molar-refractivity contribution is -0.161. The summed E-state index contributed by atoms with van der Waals surface area (Å²) >= 11 is 13.0. The molecule has 1 heterocycles. The van der Waals surface area contributed by atoms with Crippen molar-refractivity contribution in [2.75, 3.05) is 7.11 Å². The first kappa shape index (κ1) is 20.1. The fourth-order valence-corrected chi connectivity index (χ4v) is 5.84. The zero-order chi connectivity index (χ0) is 20.9. The summed E-state index contributed by atoms with van der Waals surface area (Å²) in [6.45, 7) is 0. The van der Waals surface area contributed by atoms with E-state index in [1.165, 1.54) is 7.11 Å². The summed E-state index contributed by atoms with van der Waals surface area (Å²) in [4.78, 5) is 12.3. The largest absolute Gasteiger partial charge is 0.469 e. The Labute approximate surface area is 186 Å². The molecule has 0 aliphatic heterocycles. The monoisotopic (exact) mass is 445 g/mol. The van der Waals surface area contributed by atoms with Gasteiger partial charge >= 0.3 is 5.97 Å². The maximum atomic E-state index is 12.3. The van der Waals surface area contributed by atoms with Crippen LogP contribution in [0, 0.1) is 10.8 Å². The van der Waals surface area contributed by atoms with E-state index in [1.54, 1.807) is 0 Å². The number of ether oxygens (including phenoxy) is 1. The fraction of sp³-hybridized carbons (Fsp3) is 0.500. The number of methoxy groups -OCH3 is 1. The van der Waals surface area contributed by atoms with E-state index in [4.69, 9.17) is 32.5 Å². The first-order valence-electron chi connectivity index (χ1n) is 10.7. The number of halogens is 2. The highest BCUT2D eigenvalue weighted by Crippen LogP contribution is 2.58. The maximum absolute atomic E-state index is 12.3.